The summed E-state index contributed by atoms with van der Waals surface area (Å²) in [5, 5.41) is 0.737. The van der Waals surface area contributed by atoms with Gasteiger partial charge in [-0.1, -0.05) is 48.5 Å². The normalized spacial score (nSPS) is 16.2. The molecule has 8 nitrogen and oxygen atoms in total. The van der Waals surface area contributed by atoms with Crippen molar-refractivity contribution < 1.29 is 23.9 Å². The molecule has 0 bridgehead atoms. The Balaban J connectivity index is 1.29. The first kappa shape index (κ1) is 25.9. The highest BCUT2D eigenvalue weighted by Crippen LogP contribution is 2.29. The minimum atomic E-state index is -0.504. The van der Waals surface area contributed by atoms with Crippen molar-refractivity contribution in [3.8, 4) is 0 Å². The van der Waals surface area contributed by atoms with Crippen LogP contribution in [-0.2, 0) is 38.6 Å². The van der Waals surface area contributed by atoms with E-state index in [0.717, 1.165) is 41.7 Å². The molecule has 2 aliphatic heterocycles. The zero-order chi connectivity index (χ0) is 26.5. The van der Waals surface area contributed by atoms with Gasteiger partial charge in [-0.15, -0.1) is 0 Å². The topological polar surface area (TPSA) is 89.0 Å². The lowest BCUT2D eigenvalue weighted by Crippen LogP contribution is -2.42. The van der Waals surface area contributed by atoms with Crippen LogP contribution in [0.25, 0.3) is 10.9 Å². The van der Waals surface area contributed by atoms with Crippen LogP contribution in [0.2, 0.25) is 0 Å². The van der Waals surface area contributed by atoms with Crippen LogP contribution in [0.5, 0.6) is 0 Å². The molecule has 5 rings (SSSR count). The minimum absolute atomic E-state index is 0.185. The number of piperidine rings is 1. The summed E-state index contributed by atoms with van der Waals surface area (Å²) in [4.78, 5) is 47.2. The largest absolute Gasteiger partial charge is 0.466 e. The van der Waals surface area contributed by atoms with Crippen LogP contribution in [0.3, 0.4) is 0 Å². The van der Waals surface area contributed by atoms with Gasteiger partial charge in [0, 0.05) is 55.8 Å². The number of hydrogen-bond donors (Lipinski definition) is 0. The van der Waals surface area contributed by atoms with Gasteiger partial charge in [0.25, 0.3) is 5.91 Å². The van der Waals surface area contributed by atoms with Crippen LogP contribution < -0.4 is 0 Å². The van der Waals surface area contributed by atoms with E-state index in [4.69, 9.17) is 14.5 Å². The second-order valence-electron chi connectivity index (χ2n) is 9.86. The number of likely N-dealkylation sites (tertiary alicyclic amines) is 1. The number of hydrogen-bond acceptors (Lipinski definition) is 7. The molecule has 0 radical (unpaired) electrons. The number of nitrogens with zero attached hydrogens (tertiary/aromatic N) is 3. The van der Waals surface area contributed by atoms with E-state index < -0.39 is 5.97 Å². The highest BCUT2D eigenvalue weighted by molar-refractivity contribution is 6.05. The molecule has 198 valence electrons. The van der Waals surface area contributed by atoms with Crippen molar-refractivity contribution >= 4 is 28.7 Å². The number of esters is 2. The van der Waals surface area contributed by atoms with E-state index in [2.05, 4.69) is 17.0 Å². The summed E-state index contributed by atoms with van der Waals surface area (Å²) in [6.07, 6.45) is 1.85. The molecule has 0 aliphatic carbocycles. The minimum Gasteiger partial charge on any atom is -0.466 e. The Labute approximate surface area is 222 Å². The SMILES string of the molecule is CCOC(=O)C1CCN(C(=O)COC(=O)c2c3c(nc4ccccc24)CCN(Cc2ccccc2)C3)CC1. The molecular weight excluding hydrogens is 482 g/mol. The average molecular weight is 516 g/mol. The van der Waals surface area contributed by atoms with Gasteiger partial charge in [-0.3, -0.25) is 19.5 Å². The van der Waals surface area contributed by atoms with E-state index in [9.17, 15) is 14.4 Å². The van der Waals surface area contributed by atoms with Gasteiger partial charge in [-0.05, 0) is 31.4 Å². The zero-order valence-corrected chi connectivity index (χ0v) is 21.7. The standard InChI is InChI=1S/C30H33N3O5/c1-2-37-29(35)22-12-16-33(17-13-22)27(34)20-38-30(36)28-23-10-6-7-11-25(23)31-26-14-15-32(19-24(26)28)18-21-8-4-3-5-9-21/h3-11,22H,2,12-20H2,1H3. The molecule has 38 heavy (non-hydrogen) atoms. The van der Waals surface area contributed by atoms with Gasteiger partial charge in [-0.2, -0.15) is 0 Å². The van der Waals surface area contributed by atoms with Crippen LogP contribution in [0, 0.1) is 5.92 Å². The van der Waals surface area contributed by atoms with Crippen molar-refractivity contribution in [2.24, 2.45) is 5.92 Å². The highest BCUT2D eigenvalue weighted by Gasteiger charge is 2.30. The zero-order valence-electron chi connectivity index (χ0n) is 21.7. The number of rotatable bonds is 7. The molecule has 3 heterocycles. The Morgan fingerprint density at radius 3 is 2.45 bits per heavy atom. The summed E-state index contributed by atoms with van der Waals surface area (Å²) in [6, 6.07) is 17.8. The van der Waals surface area contributed by atoms with E-state index >= 15 is 0 Å². The summed E-state index contributed by atoms with van der Waals surface area (Å²) in [7, 11) is 0. The lowest BCUT2D eigenvalue weighted by molar-refractivity contribution is -0.151. The molecule has 1 fully saturated rings. The van der Waals surface area contributed by atoms with Crippen molar-refractivity contribution in [2.75, 3.05) is 32.8 Å². The summed E-state index contributed by atoms with van der Waals surface area (Å²) in [5.41, 5.74) is 4.25. The number of amides is 1. The van der Waals surface area contributed by atoms with Crippen LogP contribution in [0.15, 0.2) is 54.6 Å². The Kier molecular flexibility index (Phi) is 7.98. The maximum absolute atomic E-state index is 13.5. The first-order valence-electron chi connectivity index (χ1n) is 13.3. The third-order valence-corrected chi connectivity index (χ3v) is 7.37. The molecule has 2 aromatic carbocycles. The molecule has 0 saturated carbocycles. The molecular formula is C30H33N3O5. The molecule has 8 heteroatoms. The Morgan fingerprint density at radius 2 is 1.68 bits per heavy atom. The van der Waals surface area contributed by atoms with Crippen LogP contribution in [0.1, 0.15) is 46.9 Å². The van der Waals surface area contributed by atoms with E-state index in [0.29, 0.717) is 44.6 Å². The third kappa shape index (κ3) is 5.70. The summed E-state index contributed by atoms with van der Waals surface area (Å²) in [5.74, 6) is -1.15. The summed E-state index contributed by atoms with van der Waals surface area (Å²) >= 11 is 0. The number of ether oxygens (including phenoxy) is 2. The Bertz CT molecular complexity index is 1320. The molecule has 1 saturated heterocycles. The maximum atomic E-state index is 13.5. The highest BCUT2D eigenvalue weighted by atomic mass is 16.5. The molecule has 2 aliphatic rings. The fraction of sp³-hybridized carbons (Fsp3) is 0.400. The monoisotopic (exact) mass is 515 g/mol. The van der Waals surface area contributed by atoms with Crippen molar-refractivity contribution in [3.05, 3.63) is 77.0 Å². The molecule has 0 spiro atoms. The van der Waals surface area contributed by atoms with E-state index in [1.807, 2.05) is 42.5 Å². The van der Waals surface area contributed by atoms with Crippen LogP contribution in [0.4, 0.5) is 0 Å². The first-order valence-corrected chi connectivity index (χ1v) is 13.3. The van der Waals surface area contributed by atoms with Crippen molar-refractivity contribution in [2.45, 2.75) is 39.3 Å². The van der Waals surface area contributed by atoms with Gasteiger partial charge < -0.3 is 14.4 Å². The maximum Gasteiger partial charge on any atom is 0.339 e. The van der Waals surface area contributed by atoms with Gasteiger partial charge >= 0.3 is 11.9 Å². The average Bonchev–Trinajstić information content (AvgIpc) is 2.95. The molecule has 0 N–H and O–H groups in total. The van der Waals surface area contributed by atoms with E-state index in [1.165, 1.54) is 5.56 Å². The second kappa shape index (κ2) is 11.7. The molecule has 0 unspecified atom stereocenters. The van der Waals surface area contributed by atoms with Gasteiger partial charge in [0.1, 0.15) is 0 Å². The van der Waals surface area contributed by atoms with Crippen LogP contribution >= 0.6 is 0 Å². The van der Waals surface area contributed by atoms with Gasteiger partial charge in [0.2, 0.25) is 0 Å². The Hall–Kier alpha value is -3.78. The van der Waals surface area contributed by atoms with Crippen molar-refractivity contribution in [1.29, 1.82) is 0 Å². The number of para-hydroxylation sites is 1. The summed E-state index contributed by atoms with van der Waals surface area (Å²) < 4.78 is 10.7. The molecule has 1 amide bonds. The number of benzene rings is 2. The lowest BCUT2D eigenvalue weighted by Gasteiger charge is -2.31. The molecule has 0 atom stereocenters. The number of aromatic nitrogens is 1. The van der Waals surface area contributed by atoms with Crippen molar-refractivity contribution in [1.82, 2.24) is 14.8 Å². The number of carbonyl (C=O) groups excluding carboxylic acids is 3. The van der Waals surface area contributed by atoms with Gasteiger partial charge in [0.15, 0.2) is 6.61 Å². The number of pyridine rings is 1. The van der Waals surface area contributed by atoms with Gasteiger partial charge in [-0.25, -0.2) is 4.79 Å². The first-order chi connectivity index (χ1) is 18.5. The second-order valence-corrected chi connectivity index (χ2v) is 9.86. The number of carbonyl (C=O) groups is 3. The van der Waals surface area contributed by atoms with Crippen LogP contribution in [-0.4, -0.2) is 65.5 Å². The lowest BCUT2D eigenvalue weighted by atomic mass is 9.95. The Morgan fingerprint density at radius 1 is 0.947 bits per heavy atom. The predicted molar refractivity (Wildman–Crippen MR) is 142 cm³/mol. The number of fused-ring (bicyclic) bond motifs is 2. The summed E-state index contributed by atoms with van der Waals surface area (Å²) in [6.45, 7) is 4.91. The molecule has 3 aromatic rings. The molecule has 1 aromatic heterocycles. The van der Waals surface area contributed by atoms with Crippen molar-refractivity contribution in [3.63, 3.8) is 0 Å². The predicted octanol–water partition coefficient (Wildman–Crippen LogP) is 3.75. The van der Waals surface area contributed by atoms with Gasteiger partial charge in [0.05, 0.1) is 23.6 Å². The quantitative estimate of drug-likeness (QED) is 0.443. The van der Waals surface area contributed by atoms with E-state index in [-0.39, 0.29) is 24.4 Å². The fourth-order valence-electron chi connectivity index (χ4n) is 5.37. The van der Waals surface area contributed by atoms with E-state index in [1.54, 1.807) is 11.8 Å². The third-order valence-electron chi connectivity index (χ3n) is 7.37. The smallest absolute Gasteiger partial charge is 0.339 e. The fourth-order valence-corrected chi connectivity index (χ4v) is 5.37.